The number of anilines is 2. The highest BCUT2D eigenvalue weighted by Crippen LogP contribution is 2.28. The van der Waals surface area contributed by atoms with Gasteiger partial charge in [0.25, 0.3) is 5.56 Å². The van der Waals surface area contributed by atoms with Crippen molar-refractivity contribution in [2.24, 2.45) is 5.73 Å². The summed E-state index contributed by atoms with van der Waals surface area (Å²) in [6.45, 7) is 1.58. The lowest BCUT2D eigenvalue weighted by Gasteiger charge is -2.38. The fraction of sp³-hybridized carbons (Fsp3) is 0.333. The predicted molar refractivity (Wildman–Crippen MR) is 143 cm³/mol. The number of ether oxygens (including phenoxy) is 1. The highest BCUT2D eigenvalue weighted by atomic mass is 19.1. The van der Waals surface area contributed by atoms with Gasteiger partial charge in [0.2, 0.25) is 11.9 Å². The van der Waals surface area contributed by atoms with Gasteiger partial charge in [-0.25, -0.2) is 18.9 Å². The van der Waals surface area contributed by atoms with Gasteiger partial charge in [-0.2, -0.15) is 0 Å². The number of rotatable bonds is 8. The average Bonchev–Trinajstić information content (AvgIpc) is 3.31. The van der Waals surface area contributed by atoms with Crippen molar-refractivity contribution in [3.63, 3.8) is 0 Å². The number of nitrogens with two attached hydrogens (primary N) is 1. The van der Waals surface area contributed by atoms with Crippen molar-refractivity contribution >= 4 is 28.9 Å². The van der Waals surface area contributed by atoms with Gasteiger partial charge in [-0.3, -0.25) is 9.59 Å². The van der Waals surface area contributed by atoms with Gasteiger partial charge in [-0.1, -0.05) is 24.3 Å². The molecular weight excluding hydrogens is 489 g/mol. The number of piperidine rings is 1. The van der Waals surface area contributed by atoms with Gasteiger partial charge in [-0.15, -0.1) is 0 Å². The monoisotopic (exact) mass is 519 g/mol. The molecule has 0 radical (unpaired) electrons. The lowest BCUT2D eigenvalue weighted by atomic mass is 10.0. The smallest absolute Gasteiger partial charge is 0.321 e. The Balaban J connectivity index is 1.34. The van der Waals surface area contributed by atoms with Crippen LogP contribution in [0.25, 0.3) is 11.0 Å². The Kier molecular flexibility index (Phi) is 7.36. The van der Waals surface area contributed by atoms with E-state index in [1.807, 2.05) is 36.2 Å². The first kappa shape index (κ1) is 25.4. The van der Waals surface area contributed by atoms with Gasteiger partial charge in [0.1, 0.15) is 5.82 Å². The Hall–Kier alpha value is -4.25. The van der Waals surface area contributed by atoms with E-state index in [9.17, 15) is 14.0 Å². The average molecular weight is 520 g/mol. The molecule has 2 aromatic carbocycles. The molecule has 0 saturated carbocycles. The molecule has 0 bridgehead atoms. The highest BCUT2D eigenvalue weighted by Gasteiger charge is 2.28. The summed E-state index contributed by atoms with van der Waals surface area (Å²) in [7, 11) is 1.90. The molecule has 0 amide bonds. The van der Waals surface area contributed by atoms with Crippen LogP contribution in [0.2, 0.25) is 0 Å². The van der Waals surface area contributed by atoms with Crippen LogP contribution in [0.15, 0.2) is 65.6 Å². The topological polar surface area (TPSA) is 112 Å². The number of halogens is 1. The zero-order valence-electron chi connectivity index (χ0n) is 21.2. The number of esters is 1. The zero-order valence-corrected chi connectivity index (χ0v) is 21.2. The first-order valence-corrected chi connectivity index (χ1v) is 12.5. The Labute approximate surface area is 219 Å². The number of benzene rings is 2. The number of fused-ring (bicyclic) bond motifs is 1. The number of hydrogen-bond acceptors (Lipinski definition) is 8. The Morgan fingerprint density at radius 2 is 1.84 bits per heavy atom. The van der Waals surface area contributed by atoms with E-state index in [-0.39, 0.29) is 30.7 Å². The van der Waals surface area contributed by atoms with Crippen LogP contribution in [0.1, 0.15) is 18.4 Å². The minimum Gasteiger partial charge on any atom is -0.443 e. The van der Waals surface area contributed by atoms with E-state index >= 15 is 0 Å². The molecule has 0 aliphatic carbocycles. The number of para-hydroxylation sites is 2. The standard InChI is InChI=1S/C27H30FN7O3/c1-32(26-30-13-10-24(36)35(26)18-38-25(37)16-29)21-11-14-33(15-12-21)27-31-22-4-2-3-5-23(22)34(27)17-19-6-8-20(28)9-7-19/h2-10,13,21H,11-12,14-18,29H2,1H3. The second-order valence-corrected chi connectivity index (χ2v) is 9.30. The molecule has 5 rings (SSSR count). The van der Waals surface area contributed by atoms with Gasteiger partial charge in [0.15, 0.2) is 6.73 Å². The van der Waals surface area contributed by atoms with Gasteiger partial charge < -0.3 is 24.8 Å². The van der Waals surface area contributed by atoms with E-state index in [0.29, 0.717) is 12.5 Å². The third-order valence-corrected chi connectivity index (χ3v) is 6.93. The van der Waals surface area contributed by atoms with E-state index < -0.39 is 5.97 Å². The van der Waals surface area contributed by atoms with Crippen molar-refractivity contribution in [3.05, 3.63) is 82.5 Å². The quantitative estimate of drug-likeness (QED) is 0.353. The maximum atomic E-state index is 13.5. The molecule has 10 nitrogen and oxygen atoms in total. The molecular formula is C27H30FN7O3. The van der Waals surface area contributed by atoms with Crippen LogP contribution in [0.4, 0.5) is 16.3 Å². The highest BCUT2D eigenvalue weighted by molar-refractivity contribution is 5.79. The first-order chi connectivity index (χ1) is 18.4. The van der Waals surface area contributed by atoms with Crippen LogP contribution in [-0.4, -0.2) is 57.8 Å². The molecule has 3 heterocycles. The Morgan fingerprint density at radius 3 is 2.58 bits per heavy atom. The lowest BCUT2D eigenvalue weighted by molar-refractivity contribution is -0.145. The molecule has 0 spiro atoms. The van der Waals surface area contributed by atoms with Crippen molar-refractivity contribution in [1.29, 1.82) is 0 Å². The predicted octanol–water partition coefficient (Wildman–Crippen LogP) is 2.35. The Morgan fingerprint density at radius 1 is 1.11 bits per heavy atom. The third-order valence-electron chi connectivity index (χ3n) is 6.93. The largest absolute Gasteiger partial charge is 0.443 e. The number of aromatic nitrogens is 4. The molecule has 2 N–H and O–H groups in total. The van der Waals surface area contributed by atoms with Crippen LogP contribution in [0.3, 0.4) is 0 Å². The maximum absolute atomic E-state index is 13.5. The summed E-state index contributed by atoms with van der Waals surface area (Å²) < 4.78 is 22.1. The van der Waals surface area contributed by atoms with Gasteiger partial charge >= 0.3 is 5.97 Å². The van der Waals surface area contributed by atoms with Crippen molar-refractivity contribution in [3.8, 4) is 0 Å². The summed E-state index contributed by atoms with van der Waals surface area (Å²) in [4.78, 5) is 37.6. The van der Waals surface area contributed by atoms with E-state index in [0.717, 1.165) is 48.5 Å². The number of hydrogen-bond donors (Lipinski definition) is 1. The molecule has 1 aliphatic heterocycles. The van der Waals surface area contributed by atoms with Crippen LogP contribution < -0.4 is 21.1 Å². The summed E-state index contributed by atoms with van der Waals surface area (Å²) in [5.74, 6) is 0.460. The Bertz CT molecular complexity index is 1480. The van der Waals surface area contributed by atoms with Crippen LogP contribution >= 0.6 is 0 Å². The summed E-state index contributed by atoms with van der Waals surface area (Å²) in [5, 5.41) is 0. The minimum atomic E-state index is -0.591. The first-order valence-electron chi connectivity index (χ1n) is 12.5. The van der Waals surface area contributed by atoms with Crippen molar-refractivity contribution in [2.45, 2.75) is 32.2 Å². The fourth-order valence-electron chi connectivity index (χ4n) is 4.87. The molecule has 198 valence electrons. The minimum absolute atomic E-state index is 0.118. The third kappa shape index (κ3) is 5.23. The van der Waals surface area contributed by atoms with Crippen molar-refractivity contribution in [2.75, 3.05) is 36.5 Å². The molecule has 38 heavy (non-hydrogen) atoms. The zero-order chi connectivity index (χ0) is 26.6. The lowest BCUT2D eigenvalue weighted by Crippen LogP contribution is -2.46. The van der Waals surface area contributed by atoms with Crippen molar-refractivity contribution < 1.29 is 13.9 Å². The molecule has 2 aromatic heterocycles. The maximum Gasteiger partial charge on any atom is 0.321 e. The summed E-state index contributed by atoms with van der Waals surface area (Å²) >= 11 is 0. The SMILES string of the molecule is CN(c1nccc(=O)n1COC(=O)CN)C1CCN(c2nc3ccccc3n2Cc2ccc(F)cc2)CC1. The van der Waals surface area contributed by atoms with E-state index in [1.165, 1.54) is 29.0 Å². The van der Waals surface area contributed by atoms with Crippen LogP contribution in [0.5, 0.6) is 0 Å². The molecule has 11 heteroatoms. The molecule has 1 fully saturated rings. The van der Waals surface area contributed by atoms with E-state index in [1.54, 1.807) is 12.1 Å². The van der Waals surface area contributed by atoms with Crippen LogP contribution in [-0.2, 0) is 22.8 Å². The molecule has 0 atom stereocenters. The summed E-state index contributed by atoms with van der Waals surface area (Å²) in [5.41, 5.74) is 7.94. The van der Waals surface area contributed by atoms with Gasteiger partial charge in [0.05, 0.1) is 24.1 Å². The molecule has 4 aromatic rings. The number of carbonyl (C=O) groups is 1. The second kappa shape index (κ2) is 11.0. The summed E-state index contributed by atoms with van der Waals surface area (Å²) in [6.07, 6.45) is 3.08. The van der Waals surface area contributed by atoms with E-state index in [2.05, 4.69) is 14.5 Å². The fourth-order valence-corrected chi connectivity index (χ4v) is 4.87. The number of carbonyl (C=O) groups excluding carboxylic acids is 1. The second-order valence-electron chi connectivity index (χ2n) is 9.30. The summed E-state index contributed by atoms with van der Waals surface area (Å²) in [6, 6.07) is 16.0. The number of nitrogens with zero attached hydrogens (tertiary/aromatic N) is 6. The molecule has 1 aliphatic rings. The van der Waals surface area contributed by atoms with Crippen molar-refractivity contribution in [1.82, 2.24) is 19.1 Å². The van der Waals surface area contributed by atoms with Gasteiger partial charge in [0, 0.05) is 38.4 Å². The number of imidazole rings is 1. The van der Waals surface area contributed by atoms with E-state index in [4.69, 9.17) is 15.5 Å². The van der Waals surface area contributed by atoms with Gasteiger partial charge in [-0.05, 0) is 42.7 Å². The molecule has 1 saturated heterocycles. The normalized spacial score (nSPS) is 14.1. The van der Waals surface area contributed by atoms with Crippen LogP contribution in [0, 0.1) is 5.82 Å². The molecule has 0 unspecified atom stereocenters.